The van der Waals surface area contributed by atoms with Gasteiger partial charge in [-0.25, -0.2) is 9.59 Å². The van der Waals surface area contributed by atoms with E-state index in [4.69, 9.17) is 0 Å². The third-order valence-electron chi connectivity index (χ3n) is 6.45. The van der Waals surface area contributed by atoms with Gasteiger partial charge in [0.15, 0.2) is 0 Å². The van der Waals surface area contributed by atoms with E-state index < -0.39 is 23.8 Å². The number of fused-ring (bicyclic) bond motifs is 1. The zero-order valence-electron chi connectivity index (χ0n) is 20.9. The van der Waals surface area contributed by atoms with Crippen molar-refractivity contribution in [2.45, 2.75) is 47.1 Å². The van der Waals surface area contributed by atoms with Crippen molar-refractivity contribution in [1.82, 2.24) is 5.32 Å². The number of hydrogen-bond donors (Lipinski definition) is 4. The Morgan fingerprint density at radius 3 is 1.75 bits per heavy atom. The fraction of sp³-hybridized carbons (Fsp3) is 0.286. The van der Waals surface area contributed by atoms with E-state index in [0.717, 1.165) is 23.3 Å². The number of aromatic carboxylic acids is 2. The number of nitrogens with one attached hydrogen (secondary N) is 2. The van der Waals surface area contributed by atoms with Gasteiger partial charge in [-0.05, 0) is 61.6 Å². The number of carboxylic acid groups (broad SMARTS) is 2. The molecule has 2 amide bonds. The predicted molar refractivity (Wildman–Crippen MR) is 138 cm³/mol. The zero-order valence-corrected chi connectivity index (χ0v) is 20.9. The minimum Gasteiger partial charge on any atom is -0.478 e. The number of amides is 2. The Morgan fingerprint density at radius 1 is 0.778 bits per heavy atom. The molecule has 8 heteroatoms. The van der Waals surface area contributed by atoms with Gasteiger partial charge in [0.25, 0.3) is 11.8 Å². The Morgan fingerprint density at radius 2 is 1.28 bits per heavy atom. The van der Waals surface area contributed by atoms with Gasteiger partial charge in [0.05, 0.1) is 11.1 Å². The van der Waals surface area contributed by atoms with Crippen molar-refractivity contribution in [1.29, 1.82) is 0 Å². The quantitative estimate of drug-likeness (QED) is 0.346. The van der Waals surface area contributed by atoms with Gasteiger partial charge in [0, 0.05) is 33.6 Å². The molecule has 3 rings (SSSR count). The van der Waals surface area contributed by atoms with Crippen LogP contribution in [0.4, 0.5) is 5.69 Å². The molecule has 0 aliphatic heterocycles. The maximum Gasteiger partial charge on any atom is 0.336 e. The van der Waals surface area contributed by atoms with E-state index in [9.17, 15) is 29.4 Å². The van der Waals surface area contributed by atoms with E-state index in [1.165, 1.54) is 12.1 Å². The number of aryl methyl sites for hydroxylation is 2. The van der Waals surface area contributed by atoms with Gasteiger partial charge in [-0.1, -0.05) is 39.0 Å². The van der Waals surface area contributed by atoms with Crippen molar-refractivity contribution in [2.75, 3.05) is 5.32 Å². The van der Waals surface area contributed by atoms with E-state index in [-0.39, 0.29) is 45.0 Å². The normalized spacial score (nSPS) is 11.8. The van der Waals surface area contributed by atoms with E-state index in [0.29, 0.717) is 12.1 Å². The van der Waals surface area contributed by atoms with Crippen LogP contribution in [0.3, 0.4) is 0 Å². The second-order valence-corrected chi connectivity index (χ2v) is 9.10. The van der Waals surface area contributed by atoms with Crippen LogP contribution in [0, 0.1) is 12.8 Å². The minimum absolute atomic E-state index is 0.0142. The van der Waals surface area contributed by atoms with Crippen LogP contribution >= 0.6 is 0 Å². The van der Waals surface area contributed by atoms with Crippen LogP contribution in [0.15, 0.2) is 42.5 Å². The summed E-state index contributed by atoms with van der Waals surface area (Å²) in [4.78, 5) is 51.0. The molecule has 0 aromatic heterocycles. The predicted octanol–water partition coefficient (Wildman–Crippen LogP) is 5.13. The maximum absolute atomic E-state index is 13.5. The van der Waals surface area contributed by atoms with Gasteiger partial charge in [-0.2, -0.15) is 0 Å². The summed E-state index contributed by atoms with van der Waals surface area (Å²) < 4.78 is 0. The van der Waals surface area contributed by atoms with Gasteiger partial charge in [-0.15, -0.1) is 0 Å². The lowest BCUT2D eigenvalue weighted by Crippen LogP contribution is -2.36. The monoisotopic (exact) mass is 490 g/mol. The Labute approximate surface area is 209 Å². The summed E-state index contributed by atoms with van der Waals surface area (Å²) in [5.74, 6) is -3.72. The summed E-state index contributed by atoms with van der Waals surface area (Å²) in [7, 11) is 0. The molecule has 3 aromatic rings. The lowest BCUT2D eigenvalue weighted by molar-refractivity contribution is 0.0684. The van der Waals surface area contributed by atoms with Crippen molar-refractivity contribution < 1.29 is 29.4 Å². The largest absolute Gasteiger partial charge is 0.478 e. The molecule has 0 aliphatic carbocycles. The van der Waals surface area contributed by atoms with Crippen LogP contribution in [0.25, 0.3) is 10.8 Å². The Bertz CT molecular complexity index is 1380. The second-order valence-electron chi connectivity index (χ2n) is 9.10. The zero-order chi connectivity index (χ0) is 26.7. The van der Waals surface area contributed by atoms with Crippen molar-refractivity contribution in [3.8, 4) is 0 Å². The van der Waals surface area contributed by atoms with Gasteiger partial charge < -0.3 is 20.8 Å². The molecule has 1 unspecified atom stereocenters. The first-order chi connectivity index (χ1) is 17.0. The fourth-order valence-electron chi connectivity index (χ4n) is 4.06. The molecule has 1 atom stereocenters. The SMILES string of the molecule is CCc1cccc(C)c1NC(=O)c1ccc(C(=O)NC(C)C(C)C)c2c(C(=O)O)ccc(C(=O)O)c12. The highest BCUT2D eigenvalue weighted by molar-refractivity contribution is 6.25. The van der Waals surface area contributed by atoms with E-state index in [1.54, 1.807) is 0 Å². The first kappa shape index (κ1) is 26.4. The first-order valence-electron chi connectivity index (χ1n) is 11.7. The number of carboxylic acids is 2. The van der Waals surface area contributed by atoms with Crippen LogP contribution in [0.1, 0.15) is 80.3 Å². The molecule has 0 saturated heterocycles. The highest BCUT2D eigenvalue weighted by Crippen LogP contribution is 2.32. The maximum atomic E-state index is 13.5. The molecule has 0 saturated carbocycles. The summed E-state index contributed by atoms with van der Waals surface area (Å²) in [5.41, 5.74) is 1.75. The number of hydrogen-bond acceptors (Lipinski definition) is 4. The molecule has 36 heavy (non-hydrogen) atoms. The van der Waals surface area contributed by atoms with E-state index in [1.807, 2.05) is 52.8 Å². The molecule has 0 aliphatic rings. The molecule has 188 valence electrons. The number of carbonyl (C=O) groups is 4. The minimum atomic E-state index is -1.34. The lowest BCUT2D eigenvalue weighted by Gasteiger charge is -2.20. The van der Waals surface area contributed by atoms with Crippen LogP contribution in [0.5, 0.6) is 0 Å². The summed E-state index contributed by atoms with van der Waals surface area (Å²) in [6, 6.07) is 10.4. The first-order valence-corrected chi connectivity index (χ1v) is 11.7. The average molecular weight is 491 g/mol. The van der Waals surface area contributed by atoms with E-state index >= 15 is 0 Å². The topological polar surface area (TPSA) is 133 Å². The third kappa shape index (κ3) is 5.07. The third-order valence-corrected chi connectivity index (χ3v) is 6.45. The molecule has 0 spiro atoms. The fourth-order valence-corrected chi connectivity index (χ4v) is 4.06. The molecule has 0 heterocycles. The molecule has 0 fully saturated rings. The number of carbonyl (C=O) groups excluding carboxylic acids is 2. The van der Waals surface area contributed by atoms with Crippen molar-refractivity contribution >= 4 is 40.2 Å². The summed E-state index contributed by atoms with van der Waals surface area (Å²) in [6.07, 6.45) is 0.661. The highest BCUT2D eigenvalue weighted by atomic mass is 16.4. The number of para-hydroxylation sites is 1. The van der Waals surface area contributed by atoms with Crippen molar-refractivity contribution in [2.24, 2.45) is 5.92 Å². The molecule has 3 aromatic carbocycles. The second kappa shape index (κ2) is 10.6. The highest BCUT2D eigenvalue weighted by Gasteiger charge is 2.26. The standard InChI is InChI=1S/C28H30N2O6/c1-6-17-9-7-8-15(4)24(17)30-26(32)19-11-10-18(25(31)29-16(5)14(2)3)22-20(27(33)34)12-13-21(23(19)22)28(35)36/h7-14,16H,6H2,1-5H3,(H,29,31)(H,30,32)(H,33,34)(H,35,36). The van der Waals surface area contributed by atoms with Crippen LogP contribution < -0.4 is 10.6 Å². The molecular weight excluding hydrogens is 460 g/mol. The van der Waals surface area contributed by atoms with E-state index in [2.05, 4.69) is 10.6 Å². The van der Waals surface area contributed by atoms with Gasteiger partial charge in [0.2, 0.25) is 0 Å². The summed E-state index contributed by atoms with van der Waals surface area (Å²) >= 11 is 0. The van der Waals surface area contributed by atoms with Crippen LogP contribution in [-0.2, 0) is 6.42 Å². The van der Waals surface area contributed by atoms with Gasteiger partial charge in [0.1, 0.15) is 0 Å². The van der Waals surface area contributed by atoms with Crippen LogP contribution in [-0.4, -0.2) is 40.0 Å². The molecule has 8 nitrogen and oxygen atoms in total. The Balaban J connectivity index is 2.30. The molecule has 4 N–H and O–H groups in total. The molecule has 0 bridgehead atoms. The van der Waals surface area contributed by atoms with Crippen molar-refractivity contribution in [3.05, 3.63) is 75.8 Å². The molecule has 0 radical (unpaired) electrons. The number of rotatable bonds is 8. The van der Waals surface area contributed by atoms with Gasteiger partial charge >= 0.3 is 11.9 Å². The van der Waals surface area contributed by atoms with Gasteiger partial charge in [-0.3, -0.25) is 9.59 Å². The number of anilines is 1. The lowest BCUT2D eigenvalue weighted by atomic mass is 9.90. The number of benzene rings is 3. The Kier molecular flexibility index (Phi) is 7.77. The Hall–Kier alpha value is -4.20. The summed E-state index contributed by atoms with van der Waals surface area (Å²) in [5, 5.41) is 25.3. The smallest absolute Gasteiger partial charge is 0.336 e. The molecular formula is C28H30N2O6. The van der Waals surface area contributed by atoms with Crippen LogP contribution in [0.2, 0.25) is 0 Å². The summed E-state index contributed by atoms with van der Waals surface area (Å²) in [6.45, 7) is 9.48. The average Bonchev–Trinajstić information content (AvgIpc) is 2.83. The van der Waals surface area contributed by atoms with Crippen molar-refractivity contribution in [3.63, 3.8) is 0 Å².